The van der Waals surface area contributed by atoms with E-state index in [1.54, 1.807) is 0 Å². The van der Waals surface area contributed by atoms with E-state index in [2.05, 4.69) is 24.3 Å². The van der Waals surface area contributed by atoms with Gasteiger partial charge in [0.25, 0.3) is 0 Å². The lowest BCUT2D eigenvalue weighted by Crippen LogP contribution is -2.01. The largest absolute Gasteiger partial charge is 0.493 e. The van der Waals surface area contributed by atoms with E-state index in [1.165, 1.54) is 11.1 Å². The molecule has 0 bridgehead atoms. The van der Waals surface area contributed by atoms with Gasteiger partial charge in [0.15, 0.2) is 0 Å². The monoisotopic (exact) mass is 340 g/mol. The molecule has 0 amide bonds. The molecule has 2 unspecified atom stereocenters. The van der Waals surface area contributed by atoms with Crippen LogP contribution in [0, 0.1) is 0 Å². The van der Waals surface area contributed by atoms with Crippen molar-refractivity contribution in [3.05, 3.63) is 59.7 Å². The summed E-state index contributed by atoms with van der Waals surface area (Å²) in [6.07, 6.45) is 3.71. The Morgan fingerprint density at radius 1 is 0.680 bits per heavy atom. The van der Waals surface area contributed by atoms with Crippen molar-refractivity contribution in [2.24, 2.45) is 0 Å². The molecule has 0 radical (unpaired) electrons. The van der Waals surface area contributed by atoms with Gasteiger partial charge in [-0.3, -0.25) is 0 Å². The molecule has 2 aliphatic heterocycles. The Hall–Kier alpha value is -2.04. The topological polar surface area (TPSA) is 43.5 Å². The van der Waals surface area contributed by atoms with Crippen molar-refractivity contribution in [1.82, 2.24) is 0 Å². The van der Waals surface area contributed by atoms with E-state index in [0.29, 0.717) is 12.2 Å². The first-order chi connectivity index (χ1) is 12.3. The summed E-state index contributed by atoms with van der Waals surface area (Å²) in [5.74, 6) is 1.85. The second-order valence-electron chi connectivity index (χ2n) is 6.65. The molecule has 0 N–H and O–H groups in total. The third-order valence-electron chi connectivity index (χ3n) is 4.48. The van der Waals surface area contributed by atoms with Crippen molar-refractivity contribution in [1.29, 1.82) is 0 Å². The summed E-state index contributed by atoms with van der Waals surface area (Å²) >= 11 is 0. The van der Waals surface area contributed by atoms with Crippen molar-refractivity contribution in [2.45, 2.75) is 31.5 Å². The molecule has 2 aromatic rings. The van der Waals surface area contributed by atoms with Gasteiger partial charge in [-0.05, 0) is 41.8 Å². The lowest BCUT2D eigenvalue weighted by molar-refractivity contribution is 0.283. The summed E-state index contributed by atoms with van der Waals surface area (Å²) in [5.41, 5.74) is 2.55. The van der Waals surface area contributed by atoms with Gasteiger partial charge in [0.05, 0.1) is 38.6 Å². The zero-order chi connectivity index (χ0) is 16.9. The minimum absolute atomic E-state index is 0.424. The number of hydrogen-bond acceptors (Lipinski definition) is 4. The molecule has 4 heteroatoms. The molecule has 2 atom stereocenters. The number of rotatable bonds is 10. The smallest absolute Gasteiger partial charge is 0.119 e. The van der Waals surface area contributed by atoms with Gasteiger partial charge in [0.1, 0.15) is 11.5 Å². The first-order valence-corrected chi connectivity index (χ1v) is 9.02. The van der Waals surface area contributed by atoms with Crippen molar-refractivity contribution >= 4 is 0 Å². The van der Waals surface area contributed by atoms with Gasteiger partial charge in [0, 0.05) is 12.8 Å². The van der Waals surface area contributed by atoms with Crippen LogP contribution in [0.4, 0.5) is 0 Å². The van der Waals surface area contributed by atoms with Crippen LogP contribution in [-0.4, -0.2) is 38.6 Å². The fourth-order valence-corrected chi connectivity index (χ4v) is 2.73. The normalized spacial score (nSPS) is 21.0. The van der Waals surface area contributed by atoms with E-state index in [-0.39, 0.29) is 0 Å². The van der Waals surface area contributed by atoms with Gasteiger partial charge in [-0.25, -0.2) is 0 Å². The maximum absolute atomic E-state index is 5.73. The Kier molecular flexibility index (Phi) is 5.19. The van der Waals surface area contributed by atoms with Crippen LogP contribution in [0.3, 0.4) is 0 Å². The molecule has 0 aliphatic carbocycles. The molecule has 0 saturated carbocycles. The third-order valence-corrected chi connectivity index (χ3v) is 4.48. The van der Waals surface area contributed by atoms with Gasteiger partial charge in [-0.1, -0.05) is 24.3 Å². The molecular formula is C21H24O4. The fraction of sp³-hybridized carbons (Fsp3) is 0.429. The second kappa shape index (κ2) is 7.89. The van der Waals surface area contributed by atoms with E-state index >= 15 is 0 Å². The van der Waals surface area contributed by atoms with Crippen LogP contribution in [0.5, 0.6) is 11.5 Å². The van der Waals surface area contributed by atoms with E-state index in [4.69, 9.17) is 18.9 Å². The Morgan fingerprint density at radius 2 is 1.08 bits per heavy atom. The molecule has 4 nitrogen and oxygen atoms in total. The SMILES string of the molecule is c1cc(OCCC2CO2)ccc1Cc1ccc(OCCC2CO2)cc1. The molecule has 2 fully saturated rings. The van der Waals surface area contributed by atoms with Crippen LogP contribution in [-0.2, 0) is 15.9 Å². The fourth-order valence-electron chi connectivity index (χ4n) is 2.73. The van der Waals surface area contributed by atoms with Gasteiger partial charge in [0.2, 0.25) is 0 Å². The summed E-state index contributed by atoms with van der Waals surface area (Å²) < 4.78 is 21.8. The van der Waals surface area contributed by atoms with Crippen LogP contribution >= 0.6 is 0 Å². The van der Waals surface area contributed by atoms with E-state index < -0.39 is 0 Å². The van der Waals surface area contributed by atoms with Crippen LogP contribution in [0.15, 0.2) is 48.5 Å². The molecule has 4 rings (SSSR count). The Balaban J connectivity index is 1.22. The van der Waals surface area contributed by atoms with Crippen LogP contribution in [0.25, 0.3) is 0 Å². The number of ether oxygens (including phenoxy) is 4. The third kappa shape index (κ3) is 5.48. The molecular weight excluding hydrogens is 316 g/mol. The minimum Gasteiger partial charge on any atom is -0.493 e. The number of benzene rings is 2. The maximum Gasteiger partial charge on any atom is 0.119 e. The van der Waals surface area contributed by atoms with Crippen molar-refractivity contribution in [2.75, 3.05) is 26.4 Å². The summed E-state index contributed by atoms with van der Waals surface area (Å²) in [5, 5.41) is 0. The molecule has 25 heavy (non-hydrogen) atoms. The van der Waals surface area contributed by atoms with E-state index in [9.17, 15) is 0 Å². The summed E-state index contributed by atoms with van der Waals surface area (Å²) in [6.45, 7) is 3.22. The highest BCUT2D eigenvalue weighted by Crippen LogP contribution is 2.20. The molecule has 2 heterocycles. The van der Waals surface area contributed by atoms with Gasteiger partial charge >= 0.3 is 0 Å². The number of epoxide rings is 2. The van der Waals surface area contributed by atoms with Crippen LogP contribution in [0.2, 0.25) is 0 Å². The average Bonchev–Trinajstić information content (AvgIpc) is 3.53. The Labute approximate surface area is 148 Å². The maximum atomic E-state index is 5.73. The number of hydrogen-bond donors (Lipinski definition) is 0. The second-order valence-corrected chi connectivity index (χ2v) is 6.65. The predicted octanol–water partition coefficient (Wildman–Crippen LogP) is 3.61. The zero-order valence-electron chi connectivity index (χ0n) is 14.4. The van der Waals surface area contributed by atoms with E-state index in [1.807, 2.05) is 24.3 Å². The molecule has 2 aromatic carbocycles. The van der Waals surface area contributed by atoms with Gasteiger partial charge in [-0.15, -0.1) is 0 Å². The summed E-state index contributed by atoms with van der Waals surface area (Å²) in [7, 11) is 0. The molecule has 2 saturated heterocycles. The lowest BCUT2D eigenvalue weighted by Gasteiger charge is -2.08. The van der Waals surface area contributed by atoms with Crippen molar-refractivity contribution < 1.29 is 18.9 Å². The van der Waals surface area contributed by atoms with Gasteiger partial charge < -0.3 is 18.9 Å². The molecule has 0 aromatic heterocycles. The minimum atomic E-state index is 0.424. The zero-order valence-corrected chi connectivity index (χ0v) is 14.4. The standard InChI is InChI=1S/C21H24O4/c1-5-18(22-11-9-20-14-24-20)6-2-16(1)13-17-3-7-19(8-4-17)23-12-10-21-15-25-21/h1-8,20-21H,9-15H2. The predicted molar refractivity (Wildman–Crippen MR) is 95.4 cm³/mol. The van der Waals surface area contributed by atoms with Crippen LogP contribution < -0.4 is 9.47 Å². The van der Waals surface area contributed by atoms with E-state index in [0.717, 1.165) is 57.2 Å². The van der Waals surface area contributed by atoms with Crippen LogP contribution in [0.1, 0.15) is 24.0 Å². The van der Waals surface area contributed by atoms with Crippen molar-refractivity contribution in [3.8, 4) is 11.5 Å². The van der Waals surface area contributed by atoms with Crippen molar-refractivity contribution in [3.63, 3.8) is 0 Å². The average molecular weight is 340 g/mol. The highest BCUT2D eigenvalue weighted by Gasteiger charge is 2.22. The highest BCUT2D eigenvalue weighted by molar-refractivity contribution is 5.34. The molecule has 0 spiro atoms. The molecule has 132 valence electrons. The molecule has 2 aliphatic rings. The first kappa shape index (κ1) is 16.4. The summed E-state index contributed by atoms with van der Waals surface area (Å²) in [4.78, 5) is 0. The first-order valence-electron chi connectivity index (χ1n) is 9.02. The lowest BCUT2D eigenvalue weighted by atomic mass is 10.0. The Morgan fingerprint density at radius 3 is 1.44 bits per heavy atom. The summed E-state index contributed by atoms with van der Waals surface area (Å²) in [6, 6.07) is 16.7. The quantitative estimate of drug-likeness (QED) is 0.620. The Bertz CT molecular complexity index is 598. The highest BCUT2D eigenvalue weighted by atomic mass is 16.6. The van der Waals surface area contributed by atoms with Gasteiger partial charge in [-0.2, -0.15) is 0 Å².